The molecule has 1 aliphatic carbocycles. The molecule has 1 aliphatic rings. The fourth-order valence-electron chi connectivity index (χ4n) is 3.21. The van der Waals surface area contributed by atoms with E-state index >= 15 is 0 Å². The summed E-state index contributed by atoms with van der Waals surface area (Å²) in [5.74, 6) is -1.90. The molecule has 6 heteroatoms. The standard InChI is InChI=1S/C19H21F3O3/c20-19(21,22)18(25)16-11-9-15(10-12-16)14-7-5-13(6-8-14)3-1-2-4-17(23)24/h1,3,9-14H,2,4-8H2,(H,23,24). The Bertz CT molecular complexity index is 624. The fraction of sp³-hybridized carbons (Fsp3) is 0.474. The van der Waals surface area contributed by atoms with Gasteiger partial charge in [0, 0.05) is 12.0 Å². The van der Waals surface area contributed by atoms with E-state index in [1.807, 2.05) is 6.08 Å². The monoisotopic (exact) mass is 354 g/mol. The second kappa shape index (κ2) is 8.32. The maximum absolute atomic E-state index is 12.4. The Kier molecular flexibility index (Phi) is 6.39. The molecule has 0 unspecified atom stereocenters. The van der Waals surface area contributed by atoms with Gasteiger partial charge in [-0.25, -0.2) is 0 Å². The summed E-state index contributed by atoms with van der Waals surface area (Å²) < 4.78 is 37.2. The maximum Gasteiger partial charge on any atom is 0.454 e. The van der Waals surface area contributed by atoms with Crippen LogP contribution in [0.4, 0.5) is 13.2 Å². The van der Waals surface area contributed by atoms with Gasteiger partial charge in [0.1, 0.15) is 0 Å². The molecule has 0 bridgehead atoms. The third-order valence-electron chi connectivity index (χ3n) is 4.61. The van der Waals surface area contributed by atoms with E-state index in [0.29, 0.717) is 18.3 Å². The number of hydrogen-bond donors (Lipinski definition) is 1. The molecule has 1 aromatic carbocycles. The van der Waals surface area contributed by atoms with Crippen LogP contribution in [0.25, 0.3) is 0 Å². The molecule has 136 valence electrons. The molecule has 1 saturated carbocycles. The summed E-state index contributed by atoms with van der Waals surface area (Å²) in [5.41, 5.74) is 0.637. The molecule has 1 N–H and O–H groups in total. The van der Waals surface area contributed by atoms with Gasteiger partial charge in [-0.2, -0.15) is 13.2 Å². The average molecular weight is 354 g/mol. The molecule has 3 nitrogen and oxygen atoms in total. The predicted octanol–water partition coefficient (Wildman–Crippen LogP) is 5.13. The summed E-state index contributed by atoms with van der Waals surface area (Å²) in [5, 5.41) is 8.59. The van der Waals surface area contributed by atoms with Gasteiger partial charge in [0.15, 0.2) is 0 Å². The Hall–Kier alpha value is -2.11. The number of carboxylic acid groups (broad SMARTS) is 1. The number of carboxylic acids is 1. The molecule has 0 atom stereocenters. The Morgan fingerprint density at radius 2 is 1.68 bits per heavy atom. The molecule has 0 spiro atoms. The van der Waals surface area contributed by atoms with Crippen molar-refractivity contribution < 1.29 is 27.9 Å². The lowest BCUT2D eigenvalue weighted by molar-refractivity contribution is -0.136. The second-order valence-corrected chi connectivity index (χ2v) is 6.42. The van der Waals surface area contributed by atoms with Gasteiger partial charge in [0.2, 0.25) is 0 Å². The lowest BCUT2D eigenvalue weighted by Crippen LogP contribution is -2.22. The zero-order valence-corrected chi connectivity index (χ0v) is 13.8. The van der Waals surface area contributed by atoms with Crippen molar-refractivity contribution in [1.82, 2.24) is 0 Å². The highest BCUT2D eigenvalue weighted by atomic mass is 19.4. The van der Waals surface area contributed by atoms with Crippen molar-refractivity contribution in [3.8, 4) is 0 Å². The van der Waals surface area contributed by atoms with E-state index in [1.54, 1.807) is 12.1 Å². The minimum absolute atomic E-state index is 0.134. The third-order valence-corrected chi connectivity index (χ3v) is 4.61. The first-order valence-corrected chi connectivity index (χ1v) is 8.37. The Labute approximate surface area is 144 Å². The minimum Gasteiger partial charge on any atom is -0.481 e. The van der Waals surface area contributed by atoms with Crippen LogP contribution in [0.5, 0.6) is 0 Å². The summed E-state index contributed by atoms with van der Waals surface area (Å²) in [6.45, 7) is 0. The van der Waals surface area contributed by atoms with Crippen molar-refractivity contribution in [1.29, 1.82) is 0 Å². The molecule has 0 aromatic heterocycles. The number of halogens is 3. The normalized spacial score (nSPS) is 21.4. The molecular weight excluding hydrogens is 333 g/mol. The van der Waals surface area contributed by atoms with Crippen molar-refractivity contribution in [2.75, 3.05) is 0 Å². The number of Topliss-reactive ketones (excluding diaryl/α,β-unsaturated/α-hetero) is 1. The van der Waals surface area contributed by atoms with E-state index in [9.17, 15) is 22.8 Å². The molecule has 0 aliphatic heterocycles. The molecule has 2 rings (SSSR count). The van der Waals surface area contributed by atoms with Gasteiger partial charge in [-0.15, -0.1) is 0 Å². The zero-order chi connectivity index (χ0) is 18.4. The van der Waals surface area contributed by atoms with E-state index < -0.39 is 17.9 Å². The maximum atomic E-state index is 12.4. The van der Waals surface area contributed by atoms with Crippen molar-refractivity contribution >= 4 is 11.8 Å². The molecule has 0 amide bonds. The van der Waals surface area contributed by atoms with Crippen LogP contribution >= 0.6 is 0 Å². The van der Waals surface area contributed by atoms with Crippen LogP contribution in [0, 0.1) is 5.92 Å². The number of rotatable bonds is 6. The lowest BCUT2D eigenvalue weighted by Gasteiger charge is -2.27. The lowest BCUT2D eigenvalue weighted by atomic mass is 9.78. The van der Waals surface area contributed by atoms with E-state index in [0.717, 1.165) is 31.2 Å². The Morgan fingerprint density at radius 3 is 2.20 bits per heavy atom. The van der Waals surface area contributed by atoms with Crippen LogP contribution in [0.2, 0.25) is 0 Å². The van der Waals surface area contributed by atoms with Gasteiger partial charge in [0.05, 0.1) is 0 Å². The Balaban J connectivity index is 1.86. The van der Waals surface area contributed by atoms with Gasteiger partial charge in [0.25, 0.3) is 5.78 Å². The summed E-state index contributed by atoms with van der Waals surface area (Å²) in [7, 11) is 0. The summed E-state index contributed by atoms with van der Waals surface area (Å²) in [6.07, 6.45) is 3.61. The van der Waals surface area contributed by atoms with E-state index in [4.69, 9.17) is 5.11 Å². The minimum atomic E-state index is -4.84. The van der Waals surface area contributed by atoms with Crippen LogP contribution < -0.4 is 0 Å². The highest BCUT2D eigenvalue weighted by molar-refractivity contribution is 6.00. The fourth-order valence-corrected chi connectivity index (χ4v) is 3.21. The van der Waals surface area contributed by atoms with Gasteiger partial charge < -0.3 is 5.11 Å². The molecule has 0 radical (unpaired) electrons. The number of hydrogen-bond acceptors (Lipinski definition) is 2. The topological polar surface area (TPSA) is 54.4 Å². The number of alkyl halides is 3. The molecule has 1 fully saturated rings. The van der Waals surface area contributed by atoms with Gasteiger partial charge >= 0.3 is 12.1 Å². The largest absolute Gasteiger partial charge is 0.481 e. The first kappa shape index (κ1) is 19.2. The summed E-state index contributed by atoms with van der Waals surface area (Å²) in [4.78, 5) is 21.6. The smallest absolute Gasteiger partial charge is 0.454 e. The molecule has 0 saturated heterocycles. The highest BCUT2D eigenvalue weighted by Crippen LogP contribution is 2.36. The first-order valence-electron chi connectivity index (χ1n) is 8.37. The molecular formula is C19H21F3O3. The SMILES string of the molecule is O=C(O)CCC=CC1CCC(c2ccc(C(=O)C(F)(F)F)cc2)CC1. The van der Waals surface area contributed by atoms with Gasteiger partial charge in [-0.05, 0) is 49.5 Å². The number of carbonyl (C=O) groups excluding carboxylic acids is 1. The van der Waals surface area contributed by atoms with Crippen LogP contribution in [-0.2, 0) is 4.79 Å². The number of benzene rings is 1. The van der Waals surface area contributed by atoms with Gasteiger partial charge in [-0.1, -0.05) is 36.4 Å². The predicted molar refractivity (Wildman–Crippen MR) is 87.5 cm³/mol. The van der Waals surface area contributed by atoms with Crippen LogP contribution in [0.1, 0.15) is 60.4 Å². The Morgan fingerprint density at radius 1 is 1.08 bits per heavy atom. The van der Waals surface area contributed by atoms with Crippen molar-refractivity contribution in [2.45, 2.75) is 50.6 Å². The quantitative estimate of drug-likeness (QED) is 0.569. The van der Waals surface area contributed by atoms with Crippen molar-refractivity contribution in [3.05, 3.63) is 47.5 Å². The van der Waals surface area contributed by atoms with Gasteiger partial charge in [-0.3, -0.25) is 9.59 Å². The van der Waals surface area contributed by atoms with Crippen molar-refractivity contribution in [3.63, 3.8) is 0 Å². The number of carbonyl (C=O) groups is 2. The van der Waals surface area contributed by atoms with Crippen LogP contribution in [-0.4, -0.2) is 23.0 Å². The molecule has 0 heterocycles. The van der Waals surface area contributed by atoms with E-state index in [2.05, 4.69) is 6.08 Å². The molecule has 1 aromatic rings. The highest BCUT2D eigenvalue weighted by Gasteiger charge is 2.39. The number of allylic oxidation sites excluding steroid dienone is 2. The second-order valence-electron chi connectivity index (χ2n) is 6.42. The first-order chi connectivity index (χ1) is 11.8. The number of aliphatic carboxylic acids is 1. The van der Waals surface area contributed by atoms with E-state index in [-0.39, 0.29) is 12.0 Å². The molecule has 25 heavy (non-hydrogen) atoms. The average Bonchev–Trinajstić information content (AvgIpc) is 2.58. The van der Waals surface area contributed by atoms with E-state index in [1.165, 1.54) is 12.1 Å². The van der Waals surface area contributed by atoms with Crippen molar-refractivity contribution in [2.24, 2.45) is 5.92 Å². The number of ketones is 1. The summed E-state index contributed by atoms with van der Waals surface area (Å²) in [6, 6.07) is 5.74. The third kappa shape index (κ3) is 5.73. The van der Waals surface area contributed by atoms with Crippen LogP contribution in [0.3, 0.4) is 0 Å². The zero-order valence-electron chi connectivity index (χ0n) is 13.8. The van der Waals surface area contributed by atoms with Crippen LogP contribution in [0.15, 0.2) is 36.4 Å². The summed E-state index contributed by atoms with van der Waals surface area (Å²) >= 11 is 0.